The van der Waals surface area contributed by atoms with Gasteiger partial charge in [0.25, 0.3) is 0 Å². The first-order valence-electron chi connectivity index (χ1n) is 6.27. The van der Waals surface area contributed by atoms with Crippen LogP contribution in [0.3, 0.4) is 0 Å². The highest BCUT2D eigenvalue weighted by atomic mass is 16.4. The zero-order valence-electron chi connectivity index (χ0n) is 10.3. The van der Waals surface area contributed by atoms with Gasteiger partial charge < -0.3 is 5.11 Å². The van der Waals surface area contributed by atoms with Gasteiger partial charge in [-0.05, 0) is 61.7 Å². The van der Waals surface area contributed by atoms with E-state index < -0.39 is 11.4 Å². The van der Waals surface area contributed by atoms with Crippen molar-refractivity contribution in [3.63, 3.8) is 0 Å². The third-order valence-corrected chi connectivity index (χ3v) is 5.15. The van der Waals surface area contributed by atoms with Crippen LogP contribution in [0, 0.1) is 28.6 Å². The molecule has 2 heteroatoms. The predicted molar refractivity (Wildman–Crippen MR) is 61.8 cm³/mol. The zero-order valence-corrected chi connectivity index (χ0v) is 10.3. The molecular weight excluding hydrogens is 200 g/mol. The first kappa shape index (κ1) is 10.6. The van der Waals surface area contributed by atoms with Crippen molar-refractivity contribution in [1.29, 1.82) is 0 Å². The maximum Gasteiger partial charge on any atom is 0.309 e. The number of carboxylic acids is 1. The Labute approximate surface area is 97.4 Å². The third-order valence-electron chi connectivity index (χ3n) is 5.15. The molecule has 1 N–H and O–H groups in total. The highest BCUT2D eigenvalue weighted by molar-refractivity contribution is 5.76. The Kier molecular flexibility index (Phi) is 1.65. The summed E-state index contributed by atoms with van der Waals surface area (Å²) in [6, 6.07) is 0. The molecule has 0 aromatic carbocycles. The van der Waals surface area contributed by atoms with Crippen molar-refractivity contribution in [2.45, 2.75) is 52.4 Å². The van der Waals surface area contributed by atoms with E-state index in [0.29, 0.717) is 0 Å². The number of rotatable bonds is 1. The molecule has 0 spiro atoms. The lowest BCUT2D eigenvalue weighted by Gasteiger charge is -2.67. The largest absolute Gasteiger partial charge is 0.481 e. The molecule has 0 aromatic heterocycles. The highest BCUT2D eigenvalue weighted by Crippen LogP contribution is 2.73. The van der Waals surface area contributed by atoms with Crippen LogP contribution in [0.25, 0.3) is 0 Å². The Bertz CT molecular complexity index is 317. The van der Waals surface area contributed by atoms with E-state index in [4.69, 9.17) is 0 Å². The topological polar surface area (TPSA) is 37.3 Å². The van der Waals surface area contributed by atoms with Crippen LogP contribution in [0.15, 0.2) is 0 Å². The summed E-state index contributed by atoms with van der Waals surface area (Å²) >= 11 is 0. The van der Waals surface area contributed by atoms with Crippen molar-refractivity contribution in [2.24, 2.45) is 21.7 Å². The minimum absolute atomic E-state index is 0.0383. The SMILES string of the molecule is [CH2]C12CC3(C)CC(C)(C1)CC(C(=O)O)(C2)C3. The van der Waals surface area contributed by atoms with Gasteiger partial charge in [0.1, 0.15) is 0 Å². The molecule has 4 bridgehead atoms. The molecule has 16 heavy (non-hydrogen) atoms. The van der Waals surface area contributed by atoms with E-state index in [1.165, 1.54) is 6.42 Å². The summed E-state index contributed by atoms with van der Waals surface area (Å²) in [6.07, 6.45) is 6.02. The van der Waals surface area contributed by atoms with E-state index in [1.807, 2.05) is 0 Å². The van der Waals surface area contributed by atoms with Gasteiger partial charge in [0.15, 0.2) is 0 Å². The van der Waals surface area contributed by atoms with Gasteiger partial charge in [-0.3, -0.25) is 4.79 Å². The van der Waals surface area contributed by atoms with Gasteiger partial charge in [0.05, 0.1) is 5.41 Å². The fourth-order valence-electron chi connectivity index (χ4n) is 6.17. The molecule has 0 heterocycles. The summed E-state index contributed by atoms with van der Waals surface area (Å²) in [5.74, 6) is -0.572. The monoisotopic (exact) mass is 221 g/mol. The van der Waals surface area contributed by atoms with Gasteiger partial charge in [-0.2, -0.15) is 0 Å². The van der Waals surface area contributed by atoms with Gasteiger partial charge in [0, 0.05) is 0 Å². The van der Waals surface area contributed by atoms with E-state index in [-0.39, 0.29) is 16.2 Å². The summed E-state index contributed by atoms with van der Waals surface area (Å²) in [7, 11) is 0. The van der Waals surface area contributed by atoms with E-state index in [0.717, 1.165) is 32.1 Å². The van der Waals surface area contributed by atoms with Crippen molar-refractivity contribution in [1.82, 2.24) is 0 Å². The van der Waals surface area contributed by atoms with Crippen LogP contribution in [-0.2, 0) is 4.79 Å². The molecule has 0 aliphatic heterocycles. The van der Waals surface area contributed by atoms with Crippen LogP contribution in [0.4, 0.5) is 0 Å². The maximum absolute atomic E-state index is 11.7. The second-order valence-electron chi connectivity index (χ2n) is 7.77. The fraction of sp³-hybridized carbons (Fsp3) is 0.857. The molecule has 4 rings (SSSR count). The molecule has 2 nitrogen and oxygen atoms in total. The first-order chi connectivity index (χ1) is 7.19. The zero-order chi connectivity index (χ0) is 11.8. The lowest BCUT2D eigenvalue weighted by atomic mass is 9.36. The van der Waals surface area contributed by atoms with E-state index >= 15 is 0 Å². The molecule has 4 saturated carbocycles. The summed E-state index contributed by atoms with van der Waals surface area (Å²) < 4.78 is 0. The van der Waals surface area contributed by atoms with Crippen molar-refractivity contribution < 1.29 is 9.90 Å². The average molecular weight is 221 g/mol. The van der Waals surface area contributed by atoms with E-state index in [2.05, 4.69) is 20.8 Å². The number of aliphatic carboxylic acids is 1. The van der Waals surface area contributed by atoms with Crippen LogP contribution in [0.5, 0.6) is 0 Å². The Morgan fingerprint density at radius 3 is 1.88 bits per heavy atom. The van der Waals surface area contributed by atoms with Gasteiger partial charge in [-0.25, -0.2) is 0 Å². The van der Waals surface area contributed by atoms with Crippen molar-refractivity contribution in [3.05, 3.63) is 6.92 Å². The molecule has 0 amide bonds. The Morgan fingerprint density at radius 2 is 1.50 bits per heavy atom. The number of carbonyl (C=O) groups is 1. The molecule has 0 aromatic rings. The van der Waals surface area contributed by atoms with Gasteiger partial charge in [-0.15, -0.1) is 0 Å². The molecule has 4 fully saturated rings. The summed E-state index contributed by atoms with van der Waals surface area (Å²) in [5, 5.41) is 9.59. The Balaban J connectivity index is 2.11. The van der Waals surface area contributed by atoms with Crippen LogP contribution in [0.1, 0.15) is 52.4 Å². The summed E-state index contributed by atoms with van der Waals surface area (Å²) in [5.41, 5.74) is 0.0317. The van der Waals surface area contributed by atoms with Crippen LogP contribution in [-0.4, -0.2) is 11.1 Å². The highest BCUT2D eigenvalue weighted by Gasteiger charge is 2.66. The normalized spacial score (nSPS) is 58.9. The number of carboxylic acid groups (broad SMARTS) is 1. The van der Waals surface area contributed by atoms with Crippen LogP contribution in [0.2, 0.25) is 0 Å². The van der Waals surface area contributed by atoms with Crippen molar-refractivity contribution >= 4 is 5.97 Å². The van der Waals surface area contributed by atoms with Crippen molar-refractivity contribution in [2.75, 3.05) is 0 Å². The van der Waals surface area contributed by atoms with Gasteiger partial charge >= 0.3 is 5.97 Å². The average Bonchev–Trinajstić information content (AvgIpc) is 1.92. The maximum atomic E-state index is 11.7. The second-order valence-corrected chi connectivity index (χ2v) is 7.77. The van der Waals surface area contributed by atoms with Crippen LogP contribution >= 0.6 is 0 Å². The lowest BCUT2D eigenvalue weighted by molar-refractivity contribution is -0.198. The molecule has 4 aliphatic rings. The Morgan fingerprint density at radius 1 is 1.00 bits per heavy atom. The standard InChI is InChI=1S/C14H21O2/c1-11-4-12(2)6-13(3,5-11)9-14(7-11,8-12)10(15)16/h1,4-9H2,2-3H3,(H,15,16). The molecule has 89 valence electrons. The fourth-order valence-corrected chi connectivity index (χ4v) is 6.17. The summed E-state index contributed by atoms with van der Waals surface area (Å²) in [4.78, 5) is 11.7. The Hall–Kier alpha value is -0.530. The molecule has 2 unspecified atom stereocenters. The smallest absolute Gasteiger partial charge is 0.309 e. The number of hydrogen-bond acceptors (Lipinski definition) is 1. The molecular formula is C14H21O2. The first-order valence-corrected chi connectivity index (χ1v) is 6.27. The minimum atomic E-state index is -0.572. The second kappa shape index (κ2) is 2.49. The van der Waals surface area contributed by atoms with Crippen LogP contribution < -0.4 is 0 Å². The number of hydrogen-bond donors (Lipinski definition) is 1. The molecule has 2 atom stereocenters. The molecule has 0 saturated heterocycles. The quantitative estimate of drug-likeness (QED) is 0.738. The predicted octanol–water partition coefficient (Wildman–Crippen LogP) is 3.27. The van der Waals surface area contributed by atoms with E-state index in [1.54, 1.807) is 0 Å². The molecule has 4 aliphatic carbocycles. The lowest BCUT2D eigenvalue weighted by Crippen LogP contribution is -2.61. The minimum Gasteiger partial charge on any atom is -0.481 e. The van der Waals surface area contributed by atoms with Gasteiger partial charge in [0.2, 0.25) is 0 Å². The van der Waals surface area contributed by atoms with Gasteiger partial charge in [-0.1, -0.05) is 13.8 Å². The molecule has 1 radical (unpaired) electrons. The van der Waals surface area contributed by atoms with E-state index in [9.17, 15) is 9.90 Å². The van der Waals surface area contributed by atoms with Crippen molar-refractivity contribution in [3.8, 4) is 0 Å². The summed E-state index contributed by atoms with van der Waals surface area (Å²) in [6.45, 7) is 8.94. The third kappa shape index (κ3) is 1.22.